The van der Waals surface area contributed by atoms with Crippen molar-refractivity contribution in [1.82, 2.24) is 9.88 Å². The quantitative estimate of drug-likeness (QED) is 0.483. The molecule has 1 aromatic heterocycles. The van der Waals surface area contributed by atoms with Crippen molar-refractivity contribution >= 4 is 23.3 Å². The van der Waals surface area contributed by atoms with Gasteiger partial charge in [0.05, 0.1) is 25.3 Å². The number of ether oxygens (including phenoxy) is 2. The molecule has 6 heteroatoms. The molecule has 1 aliphatic carbocycles. The molecule has 0 N–H and O–H groups in total. The smallest absolute Gasteiger partial charge is 0.410 e. The van der Waals surface area contributed by atoms with Crippen LogP contribution in [0, 0.1) is 0 Å². The van der Waals surface area contributed by atoms with Crippen molar-refractivity contribution in [3.05, 3.63) is 94.8 Å². The molecule has 166 valence electrons. The highest BCUT2D eigenvalue weighted by Gasteiger charge is 2.40. The van der Waals surface area contributed by atoms with Crippen molar-refractivity contribution < 1.29 is 14.3 Å². The van der Waals surface area contributed by atoms with E-state index >= 15 is 0 Å². The predicted molar refractivity (Wildman–Crippen MR) is 127 cm³/mol. The van der Waals surface area contributed by atoms with E-state index in [9.17, 15) is 4.79 Å². The number of aromatic nitrogens is 1. The Morgan fingerprint density at radius 2 is 1.76 bits per heavy atom. The van der Waals surface area contributed by atoms with Crippen LogP contribution in [0.4, 0.5) is 4.79 Å². The second kappa shape index (κ2) is 8.32. The summed E-state index contributed by atoms with van der Waals surface area (Å²) in [5, 5.41) is 0.471. The van der Waals surface area contributed by atoms with Gasteiger partial charge in [-0.3, -0.25) is 4.90 Å². The summed E-state index contributed by atoms with van der Waals surface area (Å²) in [6, 6.07) is 20.3. The van der Waals surface area contributed by atoms with Crippen LogP contribution in [0.1, 0.15) is 29.0 Å². The normalized spacial score (nSPS) is 21.2. The molecule has 2 bridgehead atoms. The summed E-state index contributed by atoms with van der Waals surface area (Å²) in [7, 11) is 0. The number of pyridine rings is 1. The fourth-order valence-electron chi connectivity index (χ4n) is 5.33. The number of amides is 1. The summed E-state index contributed by atoms with van der Waals surface area (Å²) in [5.41, 5.74) is 7.07. The lowest BCUT2D eigenvalue weighted by Crippen LogP contribution is -2.56. The summed E-state index contributed by atoms with van der Waals surface area (Å²) >= 11 is 5.94. The topological polar surface area (TPSA) is 51.7 Å². The molecule has 0 radical (unpaired) electrons. The van der Waals surface area contributed by atoms with Crippen molar-refractivity contribution in [2.45, 2.75) is 24.4 Å². The van der Waals surface area contributed by atoms with Gasteiger partial charge in [-0.25, -0.2) is 9.78 Å². The van der Waals surface area contributed by atoms with Crippen LogP contribution in [0.2, 0.25) is 5.15 Å². The van der Waals surface area contributed by atoms with Crippen molar-refractivity contribution in [2.24, 2.45) is 0 Å². The molecule has 1 amide bonds. The molecule has 3 aliphatic rings. The summed E-state index contributed by atoms with van der Waals surface area (Å²) in [4.78, 5) is 19.3. The van der Waals surface area contributed by atoms with Gasteiger partial charge in [-0.1, -0.05) is 72.3 Å². The maximum absolute atomic E-state index is 13.3. The van der Waals surface area contributed by atoms with E-state index in [0.29, 0.717) is 31.4 Å². The Labute approximate surface area is 197 Å². The van der Waals surface area contributed by atoms with Crippen molar-refractivity contribution in [3.63, 3.8) is 0 Å². The van der Waals surface area contributed by atoms with Gasteiger partial charge in [-0.2, -0.15) is 0 Å². The van der Waals surface area contributed by atoms with Crippen LogP contribution in [-0.4, -0.2) is 47.9 Å². The molecule has 2 aromatic carbocycles. The molecule has 1 fully saturated rings. The Morgan fingerprint density at radius 3 is 2.42 bits per heavy atom. The van der Waals surface area contributed by atoms with E-state index in [4.69, 9.17) is 21.1 Å². The molecule has 0 saturated carbocycles. The van der Waals surface area contributed by atoms with Crippen LogP contribution < -0.4 is 0 Å². The van der Waals surface area contributed by atoms with Crippen LogP contribution in [-0.2, 0) is 9.47 Å². The standard InChI is InChI=1S/C27H23ClN2O3/c28-26-10-9-17(13-29-26)18-11-19-14-32-15-20(12-18)30(19)27(31)33-16-25-23-7-3-1-5-21(23)22-6-2-4-8-24(22)25/h1-11,13,19-20,25H,12,14-16H2. The van der Waals surface area contributed by atoms with Crippen LogP contribution in [0.3, 0.4) is 0 Å². The Morgan fingerprint density at radius 1 is 1.03 bits per heavy atom. The fraction of sp³-hybridized carbons (Fsp3) is 0.259. The molecular weight excluding hydrogens is 436 g/mol. The Kier molecular flexibility index (Phi) is 5.16. The number of carbonyl (C=O) groups excluding carboxylic acids is 1. The molecule has 33 heavy (non-hydrogen) atoms. The van der Waals surface area contributed by atoms with E-state index in [-0.39, 0.29) is 24.1 Å². The minimum atomic E-state index is -0.278. The first-order valence-electron chi connectivity index (χ1n) is 11.2. The third kappa shape index (κ3) is 3.62. The van der Waals surface area contributed by atoms with Gasteiger partial charge in [0, 0.05) is 12.1 Å². The molecule has 2 aliphatic heterocycles. The number of hydrogen-bond donors (Lipinski definition) is 0. The molecule has 3 aromatic rings. The number of rotatable bonds is 3. The molecule has 0 spiro atoms. The van der Waals surface area contributed by atoms with Crippen molar-refractivity contribution in [2.75, 3.05) is 19.8 Å². The number of carbonyl (C=O) groups is 1. The van der Waals surface area contributed by atoms with Gasteiger partial charge in [-0.05, 0) is 45.9 Å². The number of benzene rings is 2. The first kappa shape index (κ1) is 20.5. The van der Waals surface area contributed by atoms with Gasteiger partial charge >= 0.3 is 6.09 Å². The lowest BCUT2D eigenvalue weighted by Gasteiger charge is -2.43. The van der Waals surface area contributed by atoms with Gasteiger partial charge < -0.3 is 9.47 Å². The van der Waals surface area contributed by atoms with Gasteiger partial charge in [0.25, 0.3) is 0 Å². The summed E-state index contributed by atoms with van der Waals surface area (Å²) in [6.45, 7) is 1.28. The molecule has 2 unspecified atom stereocenters. The van der Waals surface area contributed by atoms with Crippen LogP contribution in [0.5, 0.6) is 0 Å². The Balaban J connectivity index is 1.22. The highest BCUT2D eigenvalue weighted by molar-refractivity contribution is 6.29. The van der Waals surface area contributed by atoms with Gasteiger partial charge in [0.15, 0.2) is 0 Å². The van der Waals surface area contributed by atoms with E-state index in [0.717, 1.165) is 5.56 Å². The van der Waals surface area contributed by atoms with E-state index in [1.807, 2.05) is 23.1 Å². The highest BCUT2D eigenvalue weighted by Crippen LogP contribution is 2.44. The second-order valence-corrected chi connectivity index (χ2v) is 9.12. The third-order valence-electron chi connectivity index (χ3n) is 6.84. The second-order valence-electron chi connectivity index (χ2n) is 8.74. The number of morpholine rings is 1. The lowest BCUT2D eigenvalue weighted by atomic mass is 9.91. The molecular formula is C27H23ClN2O3. The van der Waals surface area contributed by atoms with Gasteiger partial charge in [-0.15, -0.1) is 0 Å². The average Bonchev–Trinajstić information content (AvgIpc) is 3.16. The number of nitrogens with zero attached hydrogens (tertiary/aromatic N) is 2. The van der Waals surface area contributed by atoms with Crippen LogP contribution in [0.15, 0.2) is 72.9 Å². The summed E-state index contributed by atoms with van der Waals surface area (Å²) < 4.78 is 11.7. The summed E-state index contributed by atoms with van der Waals surface area (Å²) in [5.74, 6) is 0.0495. The van der Waals surface area contributed by atoms with E-state index in [1.165, 1.54) is 27.8 Å². The van der Waals surface area contributed by atoms with E-state index in [1.54, 1.807) is 12.3 Å². The average molecular weight is 459 g/mol. The first-order chi connectivity index (χ1) is 16.2. The first-order valence-corrected chi connectivity index (χ1v) is 11.6. The van der Waals surface area contributed by atoms with Crippen LogP contribution in [0.25, 0.3) is 16.7 Å². The van der Waals surface area contributed by atoms with E-state index < -0.39 is 0 Å². The zero-order valence-electron chi connectivity index (χ0n) is 18.0. The predicted octanol–water partition coefficient (Wildman–Crippen LogP) is 5.54. The molecule has 3 heterocycles. The maximum Gasteiger partial charge on any atom is 0.410 e. The third-order valence-corrected chi connectivity index (χ3v) is 7.07. The summed E-state index contributed by atoms with van der Waals surface area (Å²) in [6.07, 6.45) is 4.31. The Bertz CT molecular complexity index is 1190. The van der Waals surface area contributed by atoms with Crippen molar-refractivity contribution in [3.8, 4) is 11.1 Å². The monoisotopic (exact) mass is 458 g/mol. The number of halogens is 1. The molecule has 6 rings (SSSR count). The number of hydrogen-bond acceptors (Lipinski definition) is 4. The Hall–Kier alpha value is -3.15. The van der Waals surface area contributed by atoms with Crippen molar-refractivity contribution in [1.29, 1.82) is 0 Å². The minimum absolute atomic E-state index is 0.0495. The zero-order chi connectivity index (χ0) is 22.4. The van der Waals surface area contributed by atoms with E-state index in [2.05, 4.69) is 47.5 Å². The van der Waals surface area contributed by atoms with Gasteiger partial charge in [0.2, 0.25) is 0 Å². The zero-order valence-corrected chi connectivity index (χ0v) is 18.7. The number of fused-ring (bicyclic) bond motifs is 5. The SMILES string of the molecule is O=C(OCC1c2ccccc2-c2ccccc21)N1C2C=C(c3ccc(Cl)nc3)CC1COC2. The van der Waals surface area contributed by atoms with Crippen LogP contribution >= 0.6 is 11.6 Å². The maximum atomic E-state index is 13.3. The molecule has 1 saturated heterocycles. The lowest BCUT2D eigenvalue weighted by molar-refractivity contribution is -0.0331. The largest absolute Gasteiger partial charge is 0.448 e. The minimum Gasteiger partial charge on any atom is -0.448 e. The molecule has 2 atom stereocenters. The molecule has 5 nitrogen and oxygen atoms in total. The highest BCUT2D eigenvalue weighted by atomic mass is 35.5. The fourth-order valence-corrected chi connectivity index (χ4v) is 5.44. The van der Waals surface area contributed by atoms with Gasteiger partial charge in [0.1, 0.15) is 11.8 Å².